The first kappa shape index (κ1) is 20.6. The molecular formula is C23H23N5O2S. The number of nitrogens with one attached hydrogen (secondary N) is 3. The van der Waals surface area contributed by atoms with Crippen LogP contribution in [0, 0.1) is 0 Å². The Morgan fingerprint density at radius 3 is 2.48 bits per heavy atom. The molecule has 0 aliphatic rings. The molecule has 0 fully saturated rings. The fourth-order valence-corrected chi connectivity index (χ4v) is 3.62. The van der Waals surface area contributed by atoms with Gasteiger partial charge in [0.15, 0.2) is 10.8 Å². The highest BCUT2D eigenvalue weighted by molar-refractivity contribution is 7.13. The molecule has 2 aromatic carbocycles. The van der Waals surface area contributed by atoms with E-state index in [1.165, 1.54) is 11.3 Å². The van der Waals surface area contributed by atoms with Crippen molar-refractivity contribution < 1.29 is 9.53 Å². The highest BCUT2D eigenvalue weighted by Gasteiger charge is 2.20. The van der Waals surface area contributed by atoms with E-state index in [0.717, 1.165) is 35.5 Å². The van der Waals surface area contributed by atoms with Gasteiger partial charge in [0, 0.05) is 34.9 Å². The summed E-state index contributed by atoms with van der Waals surface area (Å²) in [6, 6.07) is 15.5. The predicted molar refractivity (Wildman–Crippen MR) is 125 cm³/mol. The summed E-state index contributed by atoms with van der Waals surface area (Å²) < 4.78 is 5.25. The largest absolute Gasteiger partial charge is 0.497 e. The topological polar surface area (TPSA) is 91.9 Å². The lowest BCUT2D eigenvalue weighted by Gasteiger charge is -2.05. The molecule has 4 rings (SSSR count). The molecule has 31 heavy (non-hydrogen) atoms. The molecule has 158 valence electrons. The van der Waals surface area contributed by atoms with Gasteiger partial charge < -0.3 is 15.0 Å². The lowest BCUT2D eigenvalue weighted by molar-refractivity contribution is 0.102. The number of ether oxygens (including phenoxy) is 1. The van der Waals surface area contributed by atoms with Crippen molar-refractivity contribution in [2.75, 3.05) is 24.3 Å². The Hall–Kier alpha value is -3.65. The molecule has 2 heterocycles. The van der Waals surface area contributed by atoms with Crippen molar-refractivity contribution in [3.63, 3.8) is 0 Å². The number of aromatic nitrogens is 3. The molecular weight excluding hydrogens is 410 g/mol. The van der Waals surface area contributed by atoms with Gasteiger partial charge in [0.1, 0.15) is 11.6 Å². The number of imidazole rings is 1. The molecule has 7 nitrogen and oxygen atoms in total. The standard InChI is InChI=1S/C23H23N5O2S/c1-3-12-24-17-8-4-16(5-9-17)21-26-19(15-6-10-18(30-2)11-7-15)20(27-21)22(29)28-23-25-13-14-31-23/h4-11,13-14,24H,3,12H2,1-2H3,(H,26,27)(H,25,28,29). The van der Waals surface area contributed by atoms with E-state index in [0.29, 0.717) is 22.3 Å². The second kappa shape index (κ2) is 9.44. The molecule has 0 spiro atoms. The second-order valence-corrected chi connectivity index (χ2v) is 7.73. The van der Waals surface area contributed by atoms with Gasteiger partial charge in [-0.2, -0.15) is 0 Å². The summed E-state index contributed by atoms with van der Waals surface area (Å²) in [6.07, 6.45) is 2.71. The summed E-state index contributed by atoms with van der Waals surface area (Å²) in [7, 11) is 1.62. The van der Waals surface area contributed by atoms with Gasteiger partial charge in [-0.3, -0.25) is 10.1 Å². The maximum atomic E-state index is 13.0. The molecule has 0 bridgehead atoms. The van der Waals surface area contributed by atoms with Crippen LogP contribution < -0.4 is 15.4 Å². The van der Waals surface area contributed by atoms with E-state index >= 15 is 0 Å². The van der Waals surface area contributed by atoms with Crippen molar-refractivity contribution in [2.45, 2.75) is 13.3 Å². The number of hydrogen-bond acceptors (Lipinski definition) is 6. The van der Waals surface area contributed by atoms with E-state index in [4.69, 9.17) is 4.74 Å². The molecule has 4 aromatic rings. The Morgan fingerprint density at radius 1 is 1.10 bits per heavy atom. The number of benzene rings is 2. The van der Waals surface area contributed by atoms with Crippen molar-refractivity contribution in [2.24, 2.45) is 0 Å². The number of rotatable bonds is 8. The van der Waals surface area contributed by atoms with Gasteiger partial charge >= 0.3 is 0 Å². The zero-order chi connectivity index (χ0) is 21.6. The minimum Gasteiger partial charge on any atom is -0.497 e. The highest BCUT2D eigenvalue weighted by atomic mass is 32.1. The number of hydrogen-bond donors (Lipinski definition) is 3. The van der Waals surface area contributed by atoms with Crippen LogP contribution in [-0.2, 0) is 0 Å². The van der Waals surface area contributed by atoms with Gasteiger partial charge in [0.05, 0.1) is 12.8 Å². The molecule has 0 unspecified atom stereocenters. The minimum atomic E-state index is -0.315. The normalized spacial score (nSPS) is 10.6. The molecule has 1 amide bonds. The zero-order valence-corrected chi connectivity index (χ0v) is 18.1. The maximum Gasteiger partial charge on any atom is 0.278 e. The first-order valence-electron chi connectivity index (χ1n) is 9.97. The van der Waals surface area contributed by atoms with Crippen molar-refractivity contribution in [3.05, 3.63) is 65.8 Å². The number of thiazole rings is 1. The van der Waals surface area contributed by atoms with Gasteiger partial charge in [-0.05, 0) is 55.0 Å². The lowest BCUT2D eigenvalue weighted by atomic mass is 10.1. The summed E-state index contributed by atoms with van der Waals surface area (Å²) in [6.45, 7) is 3.05. The molecule has 0 saturated carbocycles. The molecule has 3 N–H and O–H groups in total. The molecule has 0 aliphatic carbocycles. The van der Waals surface area contributed by atoms with Crippen LogP contribution in [0.1, 0.15) is 23.8 Å². The Bertz CT molecular complexity index is 1140. The Morgan fingerprint density at radius 2 is 1.84 bits per heavy atom. The number of carbonyl (C=O) groups excluding carboxylic acids is 1. The van der Waals surface area contributed by atoms with Gasteiger partial charge in [-0.15, -0.1) is 11.3 Å². The predicted octanol–water partition coefficient (Wildman–Crippen LogP) is 5.28. The van der Waals surface area contributed by atoms with E-state index < -0.39 is 0 Å². The maximum absolute atomic E-state index is 13.0. The summed E-state index contributed by atoms with van der Waals surface area (Å²) in [5.74, 6) is 1.05. The first-order valence-corrected chi connectivity index (χ1v) is 10.9. The SMILES string of the molecule is CCCNc1ccc(-c2nc(C(=O)Nc3nccs3)c(-c3ccc(OC)cc3)[nH]2)cc1. The monoisotopic (exact) mass is 433 g/mol. The van der Waals surface area contributed by atoms with Crippen LogP contribution in [0.3, 0.4) is 0 Å². The summed E-state index contributed by atoms with van der Waals surface area (Å²) >= 11 is 1.36. The van der Waals surface area contributed by atoms with Crippen LogP contribution in [0.25, 0.3) is 22.6 Å². The second-order valence-electron chi connectivity index (χ2n) is 6.83. The number of anilines is 2. The third-order valence-electron chi connectivity index (χ3n) is 4.69. The fraction of sp³-hybridized carbons (Fsp3) is 0.174. The van der Waals surface area contributed by atoms with Crippen LogP contribution in [0.15, 0.2) is 60.1 Å². The van der Waals surface area contributed by atoms with Crippen LogP contribution in [0.5, 0.6) is 5.75 Å². The van der Waals surface area contributed by atoms with Gasteiger partial charge in [-0.25, -0.2) is 9.97 Å². The minimum absolute atomic E-state index is 0.309. The first-order chi connectivity index (χ1) is 15.2. The smallest absolute Gasteiger partial charge is 0.278 e. The van der Waals surface area contributed by atoms with Crippen LogP contribution in [0.2, 0.25) is 0 Å². The average molecular weight is 434 g/mol. The van der Waals surface area contributed by atoms with Gasteiger partial charge in [0.25, 0.3) is 5.91 Å². The van der Waals surface area contributed by atoms with Gasteiger partial charge in [0.2, 0.25) is 0 Å². The number of H-pyrrole nitrogens is 1. The van der Waals surface area contributed by atoms with Crippen molar-refractivity contribution in [3.8, 4) is 28.4 Å². The van der Waals surface area contributed by atoms with E-state index in [9.17, 15) is 4.79 Å². The van der Waals surface area contributed by atoms with E-state index in [-0.39, 0.29) is 5.91 Å². The molecule has 8 heteroatoms. The van der Waals surface area contributed by atoms with Crippen molar-refractivity contribution in [1.29, 1.82) is 0 Å². The molecule has 0 aliphatic heterocycles. The number of amides is 1. The van der Waals surface area contributed by atoms with E-state index in [1.54, 1.807) is 13.3 Å². The molecule has 0 atom stereocenters. The quantitative estimate of drug-likeness (QED) is 0.351. The average Bonchev–Trinajstić information content (AvgIpc) is 3.48. The highest BCUT2D eigenvalue weighted by Crippen LogP contribution is 2.29. The molecule has 0 saturated heterocycles. The van der Waals surface area contributed by atoms with Crippen molar-refractivity contribution in [1.82, 2.24) is 15.0 Å². The van der Waals surface area contributed by atoms with E-state index in [2.05, 4.69) is 32.5 Å². The van der Waals surface area contributed by atoms with Crippen molar-refractivity contribution >= 4 is 28.1 Å². The Kier molecular flexibility index (Phi) is 6.28. The van der Waals surface area contributed by atoms with Crippen LogP contribution in [0.4, 0.5) is 10.8 Å². The van der Waals surface area contributed by atoms with Gasteiger partial charge in [-0.1, -0.05) is 6.92 Å². The van der Waals surface area contributed by atoms with Crippen LogP contribution >= 0.6 is 11.3 Å². The number of methoxy groups -OCH3 is 1. The Labute approximate surface area is 184 Å². The zero-order valence-electron chi connectivity index (χ0n) is 17.3. The Balaban J connectivity index is 1.69. The summed E-state index contributed by atoms with van der Waals surface area (Å²) in [4.78, 5) is 25.1. The summed E-state index contributed by atoms with van der Waals surface area (Å²) in [5.41, 5.74) is 3.73. The fourth-order valence-electron chi connectivity index (χ4n) is 3.10. The lowest BCUT2D eigenvalue weighted by Crippen LogP contribution is -2.13. The van der Waals surface area contributed by atoms with Crippen LogP contribution in [-0.4, -0.2) is 34.5 Å². The van der Waals surface area contributed by atoms with E-state index in [1.807, 2.05) is 53.9 Å². The number of aromatic amines is 1. The summed E-state index contributed by atoms with van der Waals surface area (Å²) in [5, 5.41) is 8.51. The third-order valence-corrected chi connectivity index (χ3v) is 5.38. The third kappa shape index (κ3) is 4.75. The number of nitrogens with zero attached hydrogens (tertiary/aromatic N) is 2. The molecule has 0 radical (unpaired) electrons. The molecule has 2 aromatic heterocycles. The number of carbonyl (C=O) groups is 1.